The molecule has 0 fully saturated rings. The lowest BCUT2D eigenvalue weighted by Gasteiger charge is -2.09. The fourth-order valence-electron chi connectivity index (χ4n) is 2.34. The number of hydrogen-bond donors (Lipinski definition) is 0. The van der Waals surface area contributed by atoms with Crippen molar-refractivity contribution in [2.75, 3.05) is 0 Å². The first-order chi connectivity index (χ1) is 10.5. The molecule has 22 heavy (non-hydrogen) atoms. The molecule has 4 nitrogen and oxygen atoms in total. The SMILES string of the molecule is Cc1ccc(OCc2cc(=O)n3cccc(C)c3n2)cc1C. The van der Waals surface area contributed by atoms with Gasteiger partial charge in [0.2, 0.25) is 0 Å². The summed E-state index contributed by atoms with van der Waals surface area (Å²) < 4.78 is 7.31. The maximum Gasteiger partial charge on any atom is 0.258 e. The van der Waals surface area contributed by atoms with Gasteiger partial charge in [0, 0.05) is 12.3 Å². The molecule has 0 unspecified atom stereocenters. The number of aryl methyl sites for hydroxylation is 3. The highest BCUT2D eigenvalue weighted by molar-refractivity contribution is 5.46. The molecule has 0 bridgehead atoms. The molecule has 0 amide bonds. The van der Waals surface area contributed by atoms with Crippen molar-refractivity contribution in [2.45, 2.75) is 27.4 Å². The lowest BCUT2D eigenvalue weighted by atomic mass is 10.1. The zero-order valence-electron chi connectivity index (χ0n) is 13.0. The quantitative estimate of drug-likeness (QED) is 0.745. The van der Waals surface area contributed by atoms with Crippen LogP contribution in [0.1, 0.15) is 22.4 Å². The molecule has 0 spiro atoms. The van der Waals surface area contributed by atoms with E-state index in [-0.39, 0.29) is 12.2 Å². The van der Waals surface area contributed by atoms with Crippen LogP contribution in [-0.4, -0.2) is 9.38 Å². The van der Waals surface area contributed by atoms with Gasteiger partial charge in [0.15, 0.2) is 0 Å². The summed E-state index contributed by atoms with van der Waals surface area (Å²) in [5, 5.41) is 0. The zero-order chi connectivity index (χ0) is 15.7. The van der Waals surface area contributed by atoms with E-state index in [0.29, 0.717) is 11.3 Å². The van der Waals surface area contributed by atoms with E-state index in [1.165, 1.54) is 17.2 Å². The molecule has 0 N–H and O–H groups in total. The third-order valence-electron chi connectivity index (χ3n) is 3.80. The second kappa shape index (κ2) is 5.64. The average Bonchev–Trinajstić information content (AvgIpc) is 2.50. The van der Waals surface area contributed by atoms with Crippen LogP contribution in [0.25, 0.3) is 5.65 Å². The second-order valence-electron chi connectivity index (χ2n) is 5.51. The van der Waals surface area contributed by atoms with Gasteiger partial charge >= 0.3 is 0 Å². The van der Waals surface area contributed by atoms with E-state index in [2.05, 4.69) is 11.9 Å². The van der Waals surface area contributed by atoms with Gasteiger partial charge in [0.1, 0.15) is 18.0 Å². The molecule has 0 aliphatic rings. The highest BCUT2D eigenvalue weighted by Crippen LogP contribution is 2.17. The maximum atomic E-state index is 12.1. The topological polar surface area (TPSA) is 43.6 Å². The molecule has 0 aliphatic carbocycles. The molecular formula is C18H18N2O2. The van der Waals surface area contributed by atoms with Gasteiger partial charge < -0.3 is 4.74 Å². The summed E-state index contributed by atoms with van der Waals surface area (Å²) >= 11 is 0. The van der Waals surface area contributed by atoms with Crippen LogP contribution in [0.5, 0.6) is 5.75 Å². The Hall–Kier alpha value is -2.62. The predicted molar refractivity (Wildman–Crippen MR) is 86.4 cm³/mol. The lowest BCUT2D eigenvalue weighted by Crippen LogP contribution is -2.17. The molecule has 2 aromatic heterocycles. The van der Waals surface area contributed by atoms with Crippen LogP contribution < -0.4 is 10.3 Å². The monoisotopic (exact) mass is 294 g/mol. The van der Waals surface area contributed by atoms with E-state index >= 15 is 0 Å². The highest BCUT2D eigenvalue weighted by atomic mass is 16.5. The number of hydrogen-bond acceptors (Lipinski definition) is 3. The number of fused-ring (bicyclic) bond motifs is 1. The largest absolute Gasteiger partial charge is 0.487 e. The van der Waals surface area contributed by atoms with Crippen LogP contribution in [0.2, 0.25) is 0 Å². The van der Waals surface area contributed by atoms with Crippen molar-refractivity contribution in [2.24, 2.45) is 0 Å². The fraction of sp³-hybridized carbons (Fsp3) is 0.222. The summed E-state index contributed by atoms with van der Waals surface area (Å²) in [6.07, 6.45) is 1.73. The summed E-state index contributed by atoms with van der Waals surface area (Å²) in [5.74, 6) is 0.787. The normalized spacial score (nSPS) is 10.9. The van der Waals surface area contributed by atoms with Crippen LogP contribution in [-0.2, 0) is 6.61 Å². The van der Waals surface area contributed by atoms with E-state index in [1.54, 1.807) is 10.6 Å². The fourth-order valence-corrected chi connectivity index (χ4v) is 2.34. The van der Waals surface area contributed by atoms with E-state index < -0.39 is 0 Å². The Kier molecular flexibility index (Phi) is 3.67. The summed E-state index contributed by atoms with van der Waals surface area (Å²) in [6.45, 7) is 6.33. The molecule has 0 saturated heterocycles. The second-order valence-corrected chi connectivity index (χ2v) is 5.51. The van der Waals surface area contributed by atoms with Gasteiger partial charge in [-0.2, -0.15) is 0 Å². The zero-order valence-corrected chi connectivity index (χ0v) is 13.0. The van der Waals surface area contributed by atoms with Crippen molar-refractivity contribution in [3.8, 4) is 5.75 Å². The summed E-state index contributed by atoms with van der Waals surface area (Å²) in [7, 11) is 0. The first kappa shape index (κ1) is 14.3. The van der Waals surface area contributed by atoms with Gasteiger partial charge in [-0.15, -0.1) is 0 Å². The molecule has 3 aromatic rings. The number of rotatable bonds is 3. The third-order valence-corrected chi connectivity index (χ3v) is 3.80. The lowest BCUT2D eigenvalue weighted by molar-refractivity contribution is 0.301. The first-order valence-electron chi connectivity index (χ1n) is 7.22. The molecule has 0 aliphatic heterocycles. The Morgan fingerprint density at radius 1 is 1.05 bits per heavy atom. The van der Waals surface area contributed by atoms with Crippen LogP contribution in [0.15, 0.2) is 47.4 Å². The Balaban J connectivity index is 1.89. The average molecular weight is 294 g/mol. The van der Waals surface area contributed by atoms with Crippen molar-refractivity contribution in [3.63, 3.8) is 0 Å². The third kappa shape index (κ3) is 2.72. The van der Waals surface area contributed by atoms with Gasteiger partial charge in [0.25, 0.3) is 5.56 Å². The highest BCUT2D eigenvalue weighted by Gasteiger charge is 2.05. The number of pyridine rings is 1. The first-order valence-corrected chi connectivity index (χ1v) is 7.22. The minimum atomic E-state index is -0.0904. The number of aromatic nitrogens is 2. The summed E-state index contributed by atoms with van der Waals surface area (Å²) in [5.41, 5.74) is 4.59. The van der Waals surface area contributed by atoms with Crippen molar-refractivity contribution < 1.29 is 4.74 Å². The van der Waals surface area contributed by atoms with Gasteiger partial charge in [-0.05, 0) is 55.7 Å². The van der Waals surface area contributed by atoms with E-state index in [1.807, 2.05) is 44.2 Å². The smallest absolute Gasteiger partial charge is 0.258 e. The van der Waals surface area contributed by atoms with Crippen LogP contribution in [0, 0.1) is 20.8 Å². The van der Waals surface area contributed by atoms with E-state index in [0.717, 1.165) is 11.3 Å². The van der Waals surface area contributed by atoms with Crippen molar-refractivity contribution in [1.29, 1.82) is 0 Å². The number of nitrogens with zero attached hydrogens (tertiary/aromatic N) is 2. The Labute approximate surface area is 129 Å². The van der Waals surface area contributed by atoms with E-state index in [9.17, 15) is 4.79 Å². The van der Waals surface area contributed by atoms with Crippen LogP contribution in [0.3, 0.4) is 0 Å². The van der Waals surface area contributed by atoms with Gasteiger partial charge in [-0.1, -0.05) is 12.1 Å². The standard InChI is InChI=1S/C18H18N2O2/c1-12-6-7-16(9-14(12)3)22-11-15-10-17(21)20-8-4-5-13(2)18(20)19-15/h4-10H,11H2,1-3H3. The summed E-state index contributed by atoms with van der Waals surface area (Å²) in [4.78, 5) is 16.7. The van der Waals surface area contributed by atoms with Crippen molar-refractivity contribution in [3.05, 3.63) is 75.3 Å². The molecule has 0 saturated carbocycles. The van der Waals surface area contributed by atoms with Gasteiger partial charge in [0.05, 0.1) is 5.69 Å². The molecule has 0 atom stereocenters. The predicted octanol–water partition coefficient (Wildman–Crippen LogP) is 3.20. The molecule has 3 rings (SSSR count). The van der Waals surface area contributed by atoms with Gasteiger partial charge in [-0.3, -0.25) is 9.20 Å². The van der Waals surface area contributed by atoms with Crippen molar-refractivity contribution >= 4 is 5.65 Å². The Morgan fingerprint density at radius 2 is 1.86 bits per heavy atom. The minimum Gasteiger partial charge on any atom is -0.487 e. The molecule has 0 radical (unpaired) electrons. The van der Waals surface area contributed by atoms with Gasteiger partial charge in [-0.25, -0.2) is 4.98 Å². The minimum absolute atomic E-state index is 0.0904. The van der Waals surface area contributed by atoms with Crippen LogP contribution >= 0.6 is 0 Å². The molecule has 4 heteroatoms. The Morgan fingerprint density at radius 3 is 2.64 bits per heavy atom. The molecular weight excluding hydrogens is 276 g/mol. The van der Waals surface area contributed by atoms with Crippen molar-refractivity contribution in [1.82, 2.24) is 9.38 Å². The molecule has 112 valence electrons. The Bertz CT molecular complexity index is 897. The molecule has 1 aromatic carbocycles. The number of benzene rings is 1. The summed E-state index contributed by atoms with van der Waals surface area (Å²) in [6, 6.07) is 11.3. The molecule has 2 heterocycles. The van der Waals surface area contributed by atoms with Crippen LogP contribution in [0.4, 0.5) is 0 Å². The van der Waals surface area contributed by atoms with E-state index in [4.69, 9.17) is 4.74 Å². The number of ether oxygens (including phenoxy) is 1. The maximum absolute atomic E-state index is 12.1.